The number of ether oxygens (including phenoxy) is 1. The summed E-state index contributed by atoms with van der Waals surface area (Å²) in [5, 5.41) is 9.05. The lowest BCUT2D eigenvalue weighted by Crippen LogP contribution is -2.17. The van der Waals surface area contributed by atoms with Crippen molar-refractivity contribution in [2.45, 2.75) is 39.5 Å². The lowest BCUT2D eigenvalue weighted by Gasteiger charge is -2.17. The molecule has 5 nitrogen and oxygen atoms in total. The van der Waals surface area contributed by atoms with E-state index in [-0.39, 0.29) is 5.56 Å². The van der Waals surface area contributed by atoms with E-state index >= 15 is 0 Å². The molecule has 1 rings (SSSR count). The van der Waals surface area contributed by atoms with Crippen molar-refractivity contribution in [2.24, 2.45) is 5.92 Å². The number of benzene rings is 1. The van der Waals surface area contributed by atoms with Gasteiger partial charge < -0.3 is 14.7 Å². The van der Waals surface area contributed by atoms with Crippen molar-refractivity contribution < 1.29 is 19.4 Å². The first-order valence-electron chi connectivity index (χ1n) is 8.04. The van der Waals surface area contributed by atoms with Crippen LogP contribution in [0.5, 0.6) is 0 Å². The molecular weight excluding hydrogens is 294 g/mol. The monoisotopic (exact) mass is 321 g/mol. The summed E-state index contributed by atoms with van der Waals surface area (Å²) in [6.07, 6.45) is 4.23. The Labute approximate surface area is 138 Å². The Morgan fingerprint density at radius 3 is 2.43 bits per heavy atom. The number of unbranched alkanes of at least 4 members (excludes halogenated alkanes) is 2. The Bertz CT molecular complexity index is 538. The maximum absolute atomic E-state index is 12.2. The molecule has 0 saturated heterocycles. The predicted octanol–water partition coefficient (Wildman–Crippen LogP) is 3.82. The van der Waals surface area contributed by atoms with E-state index in [1.165, 1.54) is 24.6 Å². The van der Waals surface area contributed by atoms with Crippen LogP contribution < -0.4 is 4.90 Å². The molecule has 0 radical (unpaired) electrons. The van der Waals surface area contributed by atoms with Gasteiger partial charge in [-0.15, -0.1) is 0 Å². The molecule has 0 aromatic heterocycles. The zero-order valence-electron chi connectivity index (χ0n) is 14.5. The predicted molar refractivity (Wildman–Crippen MR) is 91.3 cm³/mol. The van der Waals surface area contributed by atoms with Gasteiger partial charge in [0.25, 0.3) is 0 Å². The van der Waals surface area contributed by atoms with Crippen molar-refractivity contribution in [1.29, 1.82) is 0 Å². The first-order chi connectivity index (χ1) is 10.8. The molecule has 0 atom stereocenters. The summed E-state index contributed by atoms with van der Waals surface area (Å²) in [6.45, 7) is 4.79. The largest absolute Gasteiger partial charge is 0.478 e. The van der Waals surface area contributed by atoms with E-state index in [9.17, 15) is 9.59 Å². The van der Waals surface area contributed by atoms with Crippen molar-refractivity contribution >= 4 is 17.6 Å². The third-order valence-corrected chi connectivity index (χ3v) is 3.61. The quantitative estimate of drug-likeness (QED) is 0.553. The molecule has 128 valence electrons. The van der Waals surface area contributed by atoms with Gasteiger partial charge in [0.2, 0.25) is 0 Å². The van der Waals surface area contributed by atoms with Crippen LogP contribution in [-0.4, -0.2) is 37.7 Å². The minimum atomic E-state index is -1.02. The number of carboxylic acids is 1. The topological polar surface area (TPSA) is 66.8 Å². The number of hydrogen-bond donors (Lipinski definition) is 1. The van der Waals surface area contributed by atoms with Gasteiger partial charge in [-0.2, -0.15) is 0 Å². The van der Waals surface area contributed by atoms with Crippen molar-refractivity contribution in [2.75, 3.05) is 25.6 Å². The van der Waals surface area contributed by atoms with Crippen molar-refractivity contribution in [3.8, 4) is 0 Å². The number of carbonyl (C=O) groups is 2. The SMILES string of the molecule is CC(C)CCCCCOC(=O)c1ccc(C(=O)O)cc1N(C)C. The molecule has 23 heavy (non-hydrogen) atoms. The zero-order chi connectivity index (χ0) is 17.4. The van der Waals surface area contributed by atoms with E-state index in [0.29, 0.717) is 23.8 Å². The third kappa shape index (κ3) is 6.30. The van der Waals surface area contributed by atoms with Gasteiger partial charge in [0, 0.05) is 14.1 Å². The second-order valence-electron chi connectivity index (χ2n) is 6.31. The number of carboxylic acid groups (broad SMARTS) is 1. The lowest BCUT2D eigenvalue weighted by molar-refractivity contribution is 0.0497. The minimum absolute atomic E-state index is 0.152. The Morgan fingerprint density at radius 1 is 1.17 bits per heavy atom. The van der Waals surface area contributed by atoms with Crippen LogP contribution in [0.4, 0.5) is 5.69 Å². The summed E-state index contributed by atoms with van der Waals surface area (Å²) in [5.74, 6) is -0.722. The van der Waals surface area contributed by atoms with Crippen LogP contribution in [0.3, 0.4) is 0 Å². The molecule has 0 spiro atoms. The fraction of sp³-hybridized carbons (Fsp3) is 0.556. The standard InChI is InChI=1S/C18H27NO4/c1-13(2)8-6-5-7-11-23-18(22)15-10-9-14(17(20)21)12-16(15)19(3)4/h9-10,12-13H,5-8,11H2,1-4H3,(H,20,21). The van der Waals surface area contributed by atoms with E-state index in [0.717, 1.165) is 19.3 Å². The highest BCUT2D eigenvalue weighted by atomic mass is 16.5. The zero-order valence-corrected chi connectivity index (χ0v) is 14.5. The fourth-order valence-electron chi connectivity index (χ4n) is 2.28. The molecule has 1 aromatic carbocycles. The number of anilines is 1. The molecule has 0 bridgehead atoms. The van der Waals surface area contributed by atoms with Crippen LogP contribution in [-0.2, 0) is 4.74 Å². The Kier molecular flexibility index (Phi) is 7.59. The maximum Gasteiger partial charge on any atom is 0.340 e. The number of rotatable bonds is 9. The summed E-state index contributed by atoms with van der Waals surface area (Å²) < 4.78 is 5.31. The summed E-state index contributed by atoms with van der Waals surface area (Å²) >= 11 is 0. The first-order valence-corrected chi connectivity index (χ1v) is 8.04. The van der Waals surface area contributed by atoms with Crippen molar-refractivity contribution in [3.63, 3.8) is 0 Å². The van der Waals surface area contributed by atoms with Gasteiger partial charge in [0.15, 0.2) is 0 Å². The highest BCUT2D eigenvalue weighted by molar-refractivity contribution is 5.98. The molecule has 0 amide bonds. The van der Waals surface area contributed by atoms with Gasteiger partial charge in [-0.25, -0.2) is 9.59 Å². The molecule has 1 aromatic rings. The maximum atomic E-state index is 12.2. The van der Waals surface area contributed by atoms with Crippen LogP contribution in [0.15, 0.2) is 18.2 Å². The second kappa shape index (κ2) is 9.18. The van der Waals surface area contributed by atoms with Gasteiger partial charge in [0.1, 0.15) is 0 Å². The number of carbonyl (C=O) groups excluding carboxylic acids is 1. The number of nitrogens with zero attached hydrogens (tertiary/aromatic N) is 1. The van der Waals surface area contributed by atoms with Gasteiger partial charge in [-0.1, -0.05) is 33.1 Å². The molecule has 0 aliphatic heterocycles. The van der Waals surface area contributed by atoms with Gasteiger partial charge in [-0.3, -0.25) is 0 Å². The van der Waals surface area contributed by atoms with Crippen molar-refractivity contribution in [1.82, 2.24) is 0 Å². The molecule has 0 aliphatic rings. The lowest BCUT2D eigenvalue weighted by atomic mass is 10.1. The second-order valence-corrected chi connectivity index (χ2v) is 6.31. The first kappa shape index (κ1) is 19.0. The molecule has 0 fully saturated rings. The third-order valence-electron chi connectivity index (χ3n) is 3.61. The molecule has 1 N–H and O–H groups in total. The number of esters is 1. The molecule has 0 aliphatic carbocycles. The summed E-state index contributed by atoms with van der Waals surface area (Å²) in [4.78, 5) is 25.0. The molecule has 5 heteroatoms. The van der Waals surface area contributed by atoms with E-state index < -0.39 is 11.9 Å². The van der Waals surface area contributed by atoms with E-state index in [4.69, 9.17) is 9.84 Å². The van der Waals surface area contributed by atoms with E-state index in [1.54, 1.807) is 19.0 Å². The normalized spacial score (nSPS) is 10.7. The summed E-state index contributed by atoms with van der Waals surface area (Å²) in [7, 11) is 3.54. The Hall–Kier alpha value is -2.04. The number of hydrogen-bond acceptors (Lipinski definition) is 4. The summed E-state index contributed by atoms with van der Waals surface area (Å²) in [6, 6.07) is 4.43. The average Bonchev–Trinajstić information content (AvgIpc) is 2.49. The van der Waals surface area contributed by atoms with Gasteiger partial charge in [0.05, 0.1) is 23.4 Å². The minimum Gasteiger partial charge on any atom is -0.478 e. The van der Waals surface area contributed by atoms with E-state index in [1.807, 2.05) is 0 Å². The molecular formula is C18H27NO4. The fourth-order valence-corrected chi connectivity index (χ4v) is 2.28. The highest BCUT2D eigenvalue weighted by Gasteiger charge is 2.16. The average molecular weight is 321 g/mol. The molecule has 0 unspecified atom stereocenters. The number of aromatic carboxylic acids is 1. The molecule has 0 saturated carbocycles. The van der Waals surface area contributed by atoms with E-state index in [2.05, 4.69) is 13.8 Å². The Balaban J connectivity index is 2.60. The van der Waals surface area contributed by atoms with Crippen molar-refractivity contribution in [3.05, 3.63) is 29.3 Å². The summed E-state index contributed by atoms with van der Waals surface area (Å²) in [5.41, 5.74) is 1.09. The van der Waals surface area contributed by atoms with Crippen LogP contribution in [0, 0.1) is 5.92 Å². The van der Waals surface area contributed by atoms with Gasteiger partial charge in [-0.05, 0) is 30.5 Å². The molecule has 0 heterocycles. The van der Waals surface area contributed by atoms with Crippen LogP contribution >= 0.6 is 0 Å². The highest BCUT2D eigenvalue weighted by Crippen LogP contribution is 2.22. The Morgan fingerprint density at radius 2 is 1.87 bits per heavy atom. The van der Waals surface area contributed by atoms with Crippen LogP contribution in [0.25, 0.3) is 0 Å². The smallest absolute Gasteiger partial charge is 0.340 e. The van der Waals surface area contributed by atoms with Gasteiger partial charge >= 0.3 is 11.9 Å². The van der Waals surface area contributed by atoms with Crippen LogP contribution in [0.2, 0.25) is 0 Å². The van der Waals surface area contributed by atoms with Crippen LogP contribution in [0.1, 0.15) is 60.2 Å².